The van der Waals surface area contributed by atoms with E-state index in [4.69, 9.17) is 15.0 Å². The highest BCUT2D eigenvalue weighted by molar-refractivity contribution is 5.37. The highest BCUT2D eigenvalue weighted by Crippen LogP contribution is 2.33. The molecule has 0 unspecified atom stereocenters. The second kappa shape index (κ2) is 4.23. The minimum atomic E-state index is 0.450. The Kier molecular flexibility index (Phi) is 2.95. The first-order chi connectivity index (χ1) is 7.20. The molecule has 0 aliphatic heterocycles. The van der Waals surface area contributed by atoms with Crippen LogP contribution < -0.4 is 5.73 Å². The lowest BCUT2D eigenvalue weighted by molar-refractivity contribution is -0.0244. The highest BCUT2D eigenvalue weighted by Gasteiger charge is 2.30. The molecule has 1 heterocycles. The molecule has 0 atom stereocenters. The maximum atomic E-state index is 5.60. The zero-order valence-corrected chi connectivity index (χ0v) is 9.32. The van der Waals surface area contributed by atoms with Crippen molar-refractivity contribution in [1.29, 1.82) is 0 Å². The van der Waals surface area contributed by atoms with Crippen LogP contribution in [0, 0.1) is 12.8 Å². The van der Waals surface area contributed by atoms with Crippen molar-refractivity contribution in [2.75, 3.05) is 12.3 Å². The van der Waals surface area contributed by atoms with Gasteiger partial charge < -0.3 is 15.0 Å². The van der Waals surface area contributed by atoms with Gasteiger partial charge in [0, 0.05) is 12.2 Å². The zero-order valence-electron chi connectivity index (χ0n) is 9.32. The average molecular weight is 210 g/mol. The Morgan fingerprint density at radius 3 is 2.80 bits per heavy atom. The van der Waals surface area contributed by atoms with Gasteiger partial charge in [-0.05, 0) is 39.0 Å². The fourth-order valence-electron chi connectivity index (χ4n) is 2.06. The van der Waals surface area contributed by atoms with Gasteiger partial charge in [0.2, 0.25) is 5.88 Å². The van der Waals surface area contributed by atoms with Crippen LogP contribution in [-0.4, -0.2) is 17.9 Å². The van der Waals surface area contributed by atoms with E-state index < -0.39 is 0 Å². The van der Waals surface area contributed by atoms with Crippen molar-refractivity contribution < 1.29 is 9.26 Å². The predicted octanol–water partition coefficient (Wildman–Crippen LogP) is 1.92. The summed E-state index contributed by atoms with van der Waals surface area (Å²) in [5.41, 5.74) is 7.60. The van der Waals surface area contributed by atoms with E-state index in [1.54, 1.807) is 0 Å². The molecular formula is C11H18N2O2. The second-order valence-electron chi connectivity index (χ2n) is 4.24. The topological polar surface area (TPSA) is 61.3 Å². The Bertz CT molecular complexity index is 329. The number of nitrogens with zero attached hydrogens (tertiary/aromatic N) is 1. The fourth-order valence-corrected chi connectivity index (χ4v) is 2.06. The van der Waals surface area contributed by atoms with Crippen LogP contribution in [0.4, 0.5) is 5.88 Å². The van der Waals surface area contributed by atoms with Gasteiger partial charge in [-0.15, -0.1) is 0 Å². The molecule has 0 aromatic carbocycles. The third kappa shape index (κ3) is 2.15. The van der Waals surface area contributed by atoms with Gasteiger partial charge >= 0.3 is 0 Å². The van der Waals surface area contributed by atoms with Crippen LogP contribution in [-0.2, 0) is 11.2 Å². The zero-order chi connectivity index (χ0) is 10.8. The molecule has 4 nitrogen and oxygen atoms in total. The maximum absolute atomic E-state index is 5.60. The van der Waals surface area contributed by atoms with Gasteiger partial charge in [-0.25, -0.2) is 0 Å². The Hall–Kier alpha value is -1.03. The molecule has 0 radical (unpaired) electrons. The van der Waals surface area contributed by atoms with Gasteiger partial charge in [0.25, 0.3) is 0 Å². The minimum absolute atomic E-state index is 0.450. The molecule has 0 bridgehead atoms. The molecule has 2 rings (SSSR count). The summed E-state index contributed by atoms with van der Waals surface area (Å²) in [7, 11) is 0. The first-order valence-corrected chi connectivity index (χ1v) is 5.53. The van der Waals surface area contributed by atoms with Crippen molar-refractivity contribution in [3.05, 3.63) is 11.3 Å². The van der Waals surface area contributed by atoms with Crippen LogP contribution in [0.1, 0.15) is 31.0 Å². The van der Waals surface area contributed by atoms with Gasteiger partial charge in [0.05, 0.1) is 11.8 Å². The van der Waals surface area contributed by atoms with E-state index in [1.807, 2.05) is 13.8 Å². The lowest BCUT2D eigenvalue weighted by Gasteiger charge is -2.34. The molecule has 1 fully saturated rings. The highest BCUT2D eigenvalue weighted by atomic mass is 16.5. The predicted molar refractivity (Wildman–Crippen MR) is 57.5 cm³/mol. The average Bonchev–Trinajstić information content (AvgIpc) is 2.46. The van der Waals surface area contributed by atoms with Gasteiger partial charge in [0.1, 0.15) is 0 Å². The summed E-state index contributed by atoms with van der Waals surface area (Å²) >= 11 is 0. The van der Waals surface area contributed by atoms with Crippen LogP contribution in [0.5, 0.6) is 0 Å². The van der Waals surface area contributed by atoms with E-state index in [2.05, 4.69) is 5.16 Å². The van der Waals surface area contributed by atoms with Gasteiger partial charge in [-0.1, -0.05) is 5.16 Å². The molecule has 15 heavy (non-hydrogen) atoms. The van der Waals surface area contributed by atoms with E-state index in [0.717, 1.165) is 37.1 Å². The standard InChI is InChI=1S/C11H18N2O2/c1-3-14-9-4-8(5-9)6-10-7(2)11(12)15-13-10/h8-9H,3-6,12H2,1-2H3. The van der Waals surface area contributed by atoms with Crippen molar-refractivity contribution >= 4 is 5.88 Å². The summed E-state index contributed by atoms with van der Waals surface area (Å²) in [6, 6.07) is 0. The molecular weight excluding hydrogens is 192 g/mol. The molecule has 4 heteroatoms. The van der Waals surface area contributed by atoms with E-state index in [9.17, 15) is 0 Å². The smallest absolute Gasteiger partial charge is 0.225 e. The third-order valence-electron chi connectivity index (χ3n) is 3.13. The molecule has 1 saturated carbocycles. The number of nitrogen functional groups attached to an aromatic ring is 1. The Morgan fingerprint density at radius 2 is 2.27 bits per heavy atom. The SMILES string of the molecule is CCOC1CC(Cc2noc(N)c2C)C1. The molecule has 0 spiro atoms. The second-order valence-corrected chi connectivity index (χ2v) is 4.24. The van der Waals surface area contributed by atoms with E-state index in [-0.39, 0.29) is 0 Å². The Balaban J connectivity index is 1.82. The normalized spacial score (nSPS) is 25.2. The summed E-state index contributed by atoms with van der Waals surface area (Å²) in [4.78, 5) is 0. The first kappa shape index (κ1) is 10.5. The number of ether oxygens (including phenoxy) is 1. The minimum Gasteiger partial charge on any atom is -0.378 e. The van der Waals surface area contributed by atoms with Gasteiger partial charge in [-0.3, -0.25) is 0 Å². The molecule has 1 aliphatic carbocycles. The number of rotatable bonds is 4. The summed E-state index contributed by atoms with van der Waals surface area (Å²) < 4.78 is 10.4. The molecule has 84 valence electrons. The first-order valence-electron chi connectivity index (χ1n) is 5.53. The molecule has 2 N–H and O–H groups in total. The third-order valence-corrected chi connectivity index (χ3v) is 3.13. The Labute approximate surface area is 89.8 Å². The van der Waals surface area contributed by atoms with Gasteiger partial charge in [0.15, 0.2) is 0 Å². The number of anilines is 1. The molecule has 0 amide bonds. The summed E-state index contributed by atoms with van der Waals surface area (Å²) in [6.45, 7) is 4.81. The Morgan fingerprint density at radius 1 is 1.53 bits per heavy atom. The van der Waals surface area contributed by atoms with Crippen LogP contribution in [0.15, 0.2) is 4.52 Å². The van der Waals surface area contributed by atoms with Crippen molar-refractivity contribution in [2.45, 2.75) is 39.2 Å². The monoisotopic (exact) mass is 210 g/mol. The van der Waals surface area contributed by atoms with E-state index in [0.29, 0.717) is 17.9 Å². The number of hydrogen-bond donors (Lipinski definition) is 1. The van der Waals surface area contributed by atoms with Crippen LogP contribution in [0.3, 0.4) is 0 Å². The molecule has 1 aliphatic rings. The molecule has 0 saturated heterocycles. The summed E-state index contributed by atoms with van der Waals surface area (Å²) in [5.74, 6) is 1.13. The number of nitrogens with two attached hydrogens (primary N) is 1. The largest absolute Gasteiger partial charge is 0.378 e. The van der Waals surface area contributed by atoms with E-state index >= 15 is 0 Å². The van der Waals surface area contributed by atoms with Crippen molar-refractivity contribution in [2.24, 2.45) is 5.92 Å². The lowest BCUT2D eigenvalue weighted by atomic mass is 9.79. The van der Waals surface area contributed by atoms with Crippen LogP contribution in [0.25, 0.3) is 0 Å². The number of aromatic nitrogens is 1. The summed E-state index contributed by atoms with van der Waals surface area (Å²) in [6.07, 6.45) is 3.71. The van der Waals surface area contributed by atoms with Crippen molar-refractivity contribution in [1.82, 2.24) is 5.16 Å². The maximum Gasteiger partial charge on any atom is 0.225 e. The molecule has 1 aromatic heterocycles. The van der Waals surface area contributed by atoms with E-state index in [1.165, 1.54) is 0 Å². The van der Waals surface area contributed by atoms with Crippen molar-refractivity contribution in [3.8, 4) is 0 Å². The molecule has 1 aromatic rings. The number of hydrogen-bond acceptors (Lipinski definition) is 4. The van der Waals surface area contributed by atoms with Crippen LogP contribution in [0.2, 0.25) is 0 Å². The lowest BCUT2D eigenvalue weighted by Crippen LogP contribution is -2.32. The fraction of sp³-hybridized carbons (Fsp3) is 0.727. The quantitative estimate of drug-likeness (QED) is 0.824. The summed E-state index contributed by atoms with van der Waals surface area (Å²) in [5, 5.41) is 3.97. The van der Waals surface area contributed by atoms with Gasteiger partial charge in [-0.2, -0.15) is 0 Å². The van der Waals surface area contributed by atoms with Crippen molar-refractivity contribution in [3.63, 3.8) is 0 Å². The van der Waals surface area contributed by atoms with Crippen LogP contribution >= 0.6 is 0 Å².